The highest BCUT2D eigenvalue weighted by Gasteiger charge is 2.58. The molecule has 5 heteroatoms. The number of nitrogens with zero attached hydrogens (tertiary/aromatic N) is 1. The number of halogens is 2. The van der Waals surface area contributed by atoms with Crippen LogP contribution >= 0.6 is 23.2 Å². The minimum absolute atomic E-state index is 0.276. The molecule has 1 spiro atoms. The summed E-state index contributed by atoms with van der Waals surface area (Å²) >= 11 is 12.7. The second-order valence-electron chi connectivity index (χ2n) is 7.18. The van der Waals surface area contributed by atoms with Gasteiger partial charge in [-0.25, -0.2) is 0 Å². The van der Waals surface area contributed by atoms with Gasteiger partial charge >= 0.3 is 0 Å². The predicted molar refractivity (Wildman–Crippen MR) is 108 cm³/mol. The molecule has 0 amide bonds. The van der Waals surface area contributed by atoms with Crippen molar-refractivity contribution in [1.29, 1.82) is 0 Å². The molecule has 3 nitrogen and oxygen atoms in total. The van der Waals surface area contributed by atoms with E-state index in [1.165, 1.54) is 5.56 Å². The Morgan fingerprint density at radius 1 is 1.19 bits per heavy atom. The molecule has 0 N–H and O–H groups in total. The summed E-state index contributed by atoms with van der Waals surface area (Å²) in [4.78, 5) is 2.18. The highest BCUT2D eigenvalue weighted by atomic mass is 35.5. The molecule has 0 fully saturated rings. The minimum Gasteiger partial charge on any atom is -0.490 e. The van der Waals surface area contributed by atoms with Gasteiger partial charge in [-0.05, 0) is 44.6 Å². The quantitative estimate of drug-likeness (QED) is 0.635. The maximum atomic E-state index is 6.68. The third kappa shape index (κ3) is 2.14. The minimum atomic E-state index is -0.674. The molecular weight excluding hydrogens is 369 g/mol. The maximum Gasteiger partial charge on any atom is 0.212 e. The predicted octanol–water partition coefficient (Wildman–Crippen LogP) is 5.92. The van der Waals surface area contributed by atoms with Crippen molar-refractivity contribution in [2.24, 2.45) is 0 Å². The van der Waals surface area contributed by atoms with E-state index < -0.39 is 5.72 Å². The van der Waals surface area contributed by atoms with Crippen molar-refractivity contribution >= 4 is 35.0 Å². The van der Waals surface area contributed by atoms with E-state index in [0.29, 0.717) is 28.2 Å². The molecule has 2 heterocycles. The Kier molecular flexibility index (Phi) is 3.94. The van der Waals surface area contributed by atoms with E-state index in [9.17, 15) is 0 Å². The fourth-order valence-electron chi connectivity index (χ4n) is 4.11. The zero-order valence-electron chi connectivity index (χ0n) is 15.3. The molecule has 2 aliphatic rings. The Morgan fingerprint density at radius 2 is 1.92 bits per heavy atom. The fraction of sp³-hybridized carbons (Fsp3) is 0.333. The molecule has 2 aromatic carbocycles. The van der Waals surface area contributed by atoms with E-state index >= 15 is 0 Å². The smallest absolute Gasteiger partial charge is 0.212 e. The zero-order chi connectivity index (χ0) is 18.7. The Hall–Kier alpha value is -1.84. The molecule has 1 unspecified atom stereocenters. The van der Waals surface area contributed by atoms with Gasteiger partial charge in [0.2, 0.25) is 5.72 Å². The largest absolute Gasteiger partial charge is 0.490 e. The summed E-state index contributed by atoms with van der Waals surface area (Å²) in [6.07, 6.45) is 4.08. The van der Waals surface area contributed by atoms with E-state index in [1.807, 2.05) is 19.1 Å². The molecule has 0 radical (unpaired) electrons. The van der Waals surface area contributed by atoms with Crippen LogP contribution in [0.1, 0.15) is 31.9 Å². The Morgan fingerprint density at radius 3 is 2.62 bits per heavy atom. The molecule has 0 saturated carbocycles. The lowest BCUT2D eigenvalue weighted by molar-refractivity contribution is 0.0545. The lowest BCUT2D eigenvalue weighted by atomic mass is 9.76. The molecule has 2 aromatic rings. The first-order valence-electron chi connectivity index (χ1n) is 8.70. The van der Waals surface area contributed by atoms with Crippen LogP contribution in [0.5, 0.6) is 11.5 Å². The van der Waals surface area contributed by atoms with Crippen LogP contribution in [0.15, 0.2) is 36.4 Å². The van der Waals surface area contributed by atoms with Gasteiger partial charge in [0, 0.05) is 24.4 Å². The van der Waals surface area contributed by atoms with E-state index in [0.717, 1.165) is 11.3 Å². The van der Waals surface area contributed by atoms with Gasteiger partial charge in [0.05, 0.1) is 22.1 Å². The second-order valence-corrected chi connectivity index (χ2v) is 7.96. The van der Waals surface area contributed by atoms with Crippen LogP contribution in [0.4, 0.5) is 5.69 Å². The van der Waals surface area contributed by atoms with E-state index in [4.69, 9.17) is 32.7 Å². The SMILES string of the molecule is CCOc1cc(Cl)c(Cl)c2c1OC1(C=C2)N(C)c2ccccc2C1(C)C. The van der Waals surface area contributed by atoms with E-state index in [-0.39, 0.29) is 5.41 Å². The lowest BCUT2D eigenvalue weighted by Crippen LogP contribution is -2.58. The summed E-state index contributed by atoms with van der Waals surface area (Å²) in [5.74, 6) is 1.25. The van der Waals surface area contributed by atoms with Gasteiger partial charge in [0.25, 0.3) is 0 Å². The first-order chi connectivity index (χ1) is 12.3. The third-order valence-corrected chi connectivity index (χ3v) is 6.34. The van der Waals surface area contributed by atoms with Gasteiger partial charge in [-0.2, -0.15) is 0 Å². The molecule has 136 valence electrons. The third-order valence-electron chi connectivity index (χ3n) is 5.54. The van der Waals surface area contributed by atoms with Crippen LogP contribution in [0.2, 0.25) is 10.0 Å². The van der Waals surface area contributed by atoms with Gasteiger partial charge in [0.1, 0.15) is 0 Å². The summed E-state index contributed by atoms with van der Waals surface area (Å²) in [6.45, 7) is 6.85. The number of para-hydroxylation sites is 1. The van der Waals surface area contributed by atoms with Gasteiger partial charge in [-0.15, -0.1) is 0 Å². The van der Waals surface area contributed by atoms with Crippen LogP contribution in [0, 0.1) is 0 Å². The molecule has 0 aromatic heterocycles. The highest BCUT2D eigenvalue weighted by Crippen LogP contribution is 2.56. The van der Waals surface area contributed by atoms with Gasteiger partial charge in [0.15, 0.2) is 11.5 Å². The lowest BCUT2D eigenvalue weighted by Gasteiger charge is -2.46. The van der Waals surface area contributed by atoms with Crippen molar-refractivity contribution in [3.63, 3.8) is 0 Å². The number of anilines is 1. The van der Waals surface area contributed by atoms with Gasteiger partial charge in [-0.3, -0.25) is 0 Å². The maximum absolute atomic E-state index is 6.68. The van der Waals surface area contributed by atoms with Crippen molar-refractivity contribution in [3.8, 4) is 11.5 Å². The summed E-state index contributed by atoms with van der Waals surface area (Å²) in [6, 6.07) is 10.1. The van der Waals surface area contributed by atoms with Crippen LogP contribution in [0.3, 0.4) is 0 Å². The second kappa shape index (κ2) is 5.83. The normalized spacial score (nSPS) is 22.2. The molecular formula is C21H21Cl2NO2. The standard InChI is InChI=1S/C21H21Cl2NO2/c1-5-25-17-12-15(22)18(23)13-10-11-21(26-19(13)17)20(2,3)14-8-6-7-9-16(14)24(21)4/h6-12H,5H2,1-4H3. The highest BCUT2D eigenvalue weighted by molar-refractivity contribution is 6.43. The molecule has 26 heavy (non-hydrogen) atoms. The van der Waals surface area contributed by atoms with Crippen LogP contribution in [-0.4, -0.2) is 19.4 Å². The van der Waals surface area contributed by atoms with Crippen molar-refractivity contribution in [3.05, 3.63) is 57.6 Å². The number of hydrogen-bond donors (Lipinski definition) is 0. The Labute approximate surface area is 164 Å². The average Bonchev–Trinajstić information content (AvgIpc) is 2.79. The van der Waals surface area contributed by atoms with Gasteiger partial charge < -0.3 is 14.4 Å². The van der Waals surface area contributed by atoms with Gasteiger partial charge in [-0.1, -0.05) is 41.4 Å². The average molecular weight is 390 g/mol. The molecule has 0 saturated heterocycles. The number of hydrogen-bond acceptors (Lipinski definition) is 3. The van der Waals surface area contributed by atoms with E-state index in [1.54, 1.807) is 6.07 Å². The number of ether oxygens (including phenoxy) is 2. The Balaban J connectivity index is 1.92. The topological polar surface area (TPSA) is 21.7 Å². The summed E-state index contributed by atoms with van der Waals surface area (Å²) in [5, 5.41) is 0.938. The molecule has 1 atom stereocenters. The number of fused-ring (bicyclic) bond motifs is 2. The number of rotatable bonds is 2. The first kappa shape index (κ1) is 17.6. The van der Waals surface area contributed by atoms with Crippen molar-refractivity contribution in [1.82, 2.24) is 0 Å². The van der Waals surface area contributed by atoms with Crippen molar-refractivity contribution < 1.29 is 9.47 Å². The number of likely N-dealkylation sites (N-methyl/N-ethyl adjacent to an activating group) is 1. The fourth-order valence-corrected chi connectivity index (χ4v) is 4.51. The van der Waals surface area contributed by atoms with Crippen LogP contribution in [-0.2, 0) is 5.41 Å². The van der Waals surface area contributed by atoms with Crippen molar-refractivity contribution in [2.45, 2.75) is 31.9 Å². The number of benzene rings is 2. The van der Waals surface area contributed by atoms with E-state index in [2.05, 4.69) is 50.1 Å². The molecule has 0 aliphatic carbocycles. The Bertz CT molecular complexity index is 922. The molecule has 4 rings (SSSR count). The van der Waals surface area contributed by atoms with Crippen molar-refractivity contribution in [2.75, 3.05) is 18.6 Å². The molecule has 2 aliphatic heterocycles. The zero-order valence-corrected chi connectivity index (χ0v) is 16.8. The summed E-state index contributed by atoms with van der Waals surface area (Å²) in [5.41, 5.74) is 2.21. The van der Waals surface area contributed by atoms with Crippen LogP contribution in [0.25, 0.3) is 6.08 Å². The van der Waals surface area contributed by atoms with Crippen LogP contribution < -0.4 is 14.4 Å². The monoisotopic (exact) mass is 389 g/mol. The summed E-state index contributed by atoms with van der Waals surface area (Å²) < 4.78 is 12.5. The molecule has 0 bridgehead atoms. The summed E-state index contributed by atoms with van der Waals surface area (Å²) in [7, 11) is 2.06. The first-order valence-corrected chi connectivity index (χ1v) is 9.45.